The Balaban J connectivity index is 0.000000162. The summed E-state index contributed by atoms with van der Waals surface area (Å²) in [7, 11) is 0. The highest BCUT2D eigenvalue weighted by atomic mass is 32.1. The number of hydrogen-bond donors (Lipinski definition) is 0. The molecule has 2 aliphatic rings. The molecule has 210 valence electrons. The second-order valence-electron chi connectivity index (χ2n) is 13.6. The van der Waals surface area contributed by atoms with Gasteiger partial charge in [-0.15, -0.1) is 22.7 Å². The first kappa shape index (κ1) is 29.1. The van der Waals surface area contributed by atoms with E-state index in [9.17, 15) is 0 Å². The van der Waals surface area contributed by atoms with Crippen LogP contribution >= 0.6 is 22.7 Å². The third-order valence-electron chi connectivity index (χ3n) is 8.62. The fourth-order valence-corrected chi connectivity index (χ4v) is 8.93. The summed E-state index contributed by atoms with van der Waals surface area (Å²) >= 11 is 3.88. The Morgan fingerprint density at radius 1 is 0.600 bits per heavy atom. The Bertz CT molecular complexity index is 1560. The first-order chi connectivity index (χ1) is 18.9. The first-order valence-corrected chi connectivity index (χ1v) is 16.7. The number of rotatable bonds is 3. The molecule has 0 bridgehead atoms. The molecule has 0 saturated heterocycles. The third-order valence-corrected chi connectivity index (χ3v) is 10.8. The normalized spacial score (nSPS) is 16.2. The van der Waals surface area contributed by atoms with Gasteiger partial charge in [-0.2, -0.15) is 0 Å². The fraction of sp³-hybridized carbons (Fsp3) is 0.421. The molecule has 4 aromatic rings. The maximum absolute atomic E-state index is 2.42. The highest BCUT2D eigenvalue weighted by Gasteiger charge is 2.29. The minimum atomic E-state index is 0.299. The number of allylic oxidation sites excluding steroid dienone is 4. The zero-order valence-corrected chi connectivity index (χ0v) is 27.5. The van der Waals surface area contributed by atoms with Crippen LogP contribution < -0.4 is 0 Å². The lowest BCUT2D eigenvalue weighted by molar-refractivity contribution is 0.491. The van der Waals surface area contributed by atoms with E-state index in [2.05, 4.69) is 116 Å². The molecule has 40 heavy (non-hydrogen) atoms. The van der Waals surface area contributed by atoms with Crippen LogP contribution in [0, 0.1) is 24.7 Å². The molecule has 0 atom stereocenters. The van der Waals surface area contributed by atoms with E-state index in [1.807, 2.05) is 22.7 Å². The Labute approximate surface area is 250 Å². The largest absolute Gasteiger partial charge is 0.140 e. The summed E-state index contributed by atoms with van der Waals surface area (Å²) in [5, 5.41) is 1.46. The van der Waals surface area contributed by atoms with Gasteiger partial charge in [0.1, 0.15) is 0 Å². The lowest BCUT2D eigenvalue weighted by Crippen LogP contribution is -2.09. The summed E-state index contributed by atoms with van der Waals surface area (Å²) < 4.78 is 1.43. The van der Waals surface area contributed by atoms with E-state index in [-0.39, 0.29) is 0 Å². The van der Waals surface area contributed by atoms with Crippen molar-refractivity contribution in [1.29, 1.82) is 0 Å². The molecule has 2 aromatic heterocycles. The van der Waals surface area contributed by atoms with E-state index in [0.717, 1.165) is 0 Å². The minimum absolute atomic E-state index is 0.299. The highest BCUT2D eigenvalue weighted by Crippen LogP contribution is 2.48. The Morgan fingerprint density at radius 3 is 1.82 bits per heavy atom. The molecule has 0 N–H and O–H groups in total. The molecule has 0 spiro atoms. The smallest absolute Gasteiger partial charge is 0.0351 e. The molecule has 0 nitrogen and oxygen atoms in total. The minimum Gasteiger partial charge on any atom is -0.140 e. The van der Waals surface area contributed by atoms with Crippen molar-refractivity contribution in [2.45, 2.75) is 93.9 Å². The summed E-state index contributed by atoms with van der Waals surface area (Å²) in [6.07, 6.45) is 7.70. The summed E-state index contributed by atoms with van der Waals surface area (Å²) in [6, 6.07) is 22.0. The molecule has 2 heteroatoms. The Morgan fingerprint density at radius 2 is 1.18 bits per heavy atom. The van der Waals surface area contributed by atoms with Crippen LogP contribution in [-0.2, 0) is 0 Å². The molecule has 2 aromatic carbocycles. The number of thiophene rings is 2. The van der Waals surface area contributed by atoms with E-state index < -0.39 is 0 Å². The SMILES string of the molecule is Cc1sc(-c2ccccc2)cc1C1=C(C(C)(C)C)CCC1.Cc1sc2ccccc2c1C1=C(C(C)(C)C)CCC1. The van der Waals surface area contributed by atoms with Crippen molar-refractivity contribution in [3.8, 4) is 10.4 Å². The van der Waals surface area contributed by atoms with Crippen molar-refractivity contribution in [2.24, 2.45) is 10.8 Å². The number of hydrogen-bond acceptors (Lipinski definition) is 2. The summed E-state index contributed by atoms with van der Waals surface area (Å²) in [5.41, 5.74) is 11.6. The monoisotopic (exact) mass is 566 g/mol. The Kier molecular flexibility index (Phi) is 8.33. The number of fused-ring (bicyclic) bond motifs is 1. The zero-order valence-electron chi connectivity index (χ0n) is 25.8. The van der Waals surface area contributed by atoms with Crippen LogP contribution in [0.2, 0.25) is 0 Å². The van der Waals surface area contributed by atoms with E-state index in [0.29, 0.717) is 10.8 Å². The molecule has 2 heterocycles. The zero-order chi connectivity index (χ0) is 28.7. The van der Waals surface area contributed by atoms with Crippen LogP contribution in [0.4, 0.5) is 0 Å². The van der Waals surface area contributed by atoms with Crippen molar-refractivity contribution >= 4 is 43.9 Å². The lowest BCUT2D eigenvalue weighted by atomic mass is 9.82. The van der Waals surface area contributed by atoms with E-state index in [1.165, 1.54) is 74.4 Å². The maximum atomic E-state index is 2.42. The van der Waals surface area contributed by atoms with Crippen LogP contribution in [-0.4, -0.2) is 0 Å². The summed E-state index contributed by atoms with van der Waals surface area (Å²) in [4.78, 5) is 4.35. The summed E-state index contributed by atoms with van der Waals surface area (Å²) in [6.45, 7) is 18.7. The van der Waals surface area contributed by atoms with Gasteiger partial charge in [0.2, 0.25) is 0 Å². The fourth-order valence-electron chi connectivity index (χ4n) is 6.79. The number of benzene rings is 2. The maximum Gasteiger partial charge on any atom is 0.0351 e. The van der Waals surface area contributed by atoms with Gasteiger partial charge in [0.15, 0.2) is 0 Å². The van der Waals surface area contributed by atoms with Crippen molar-refractivity contribution in [3.05, 3.63) is 92.7 Å². The van der Waals surface area contributed by atoms with Gasteiger partial charge < -0.3 is 0 Å². The summed E-state index contributed by atoms with van der Waals surface area (Å²) in [5.74, 6) is 0. The van der Waals surface area contributed by atoms with Crippen LogP contribution in [0.1, 0.15) is 101 Å². The average molecular weight is 567 g/mol. The molecule has 0 saturated carbocycles. The first-order valence-electron chi connectivity index (χ1n) is 15.0. The van der Waals surface area contributed by atoms with Gasteiger partial charge in [-0.1, -0.05) is 101 Å². The van der Waals surface area contributed by atoms with Crippen molar-refractivity contribution < 1.29 is 0 Å². The van der Waals surface area contributed by atoms with Crippen LogP contribution in [0.25, 0.3) is 31.7 Å². The molecular weight excluding hydrogens is 521 g/mol. The van der Waals surface area contributed by atoms with Crippen LogP contribution in [0.3, 0.4) is 0 Å². The molecule has 6 rings (SSSR count). The molecular formula is C38H46S2. The van der Waals surface area contributed by atoms with Gasteiger partial charge in [0.25, 0.3) is 0 Å². The van der Waals surface area contributed by atoms with Gasteiger partial charge in [0, 0.05) is 24.7 Å². The van der Waals surface area contributed by atoms with Gasteiger partial charge in [-0.25, -0.2) is 0 Å². The van der Waals surface area contributed by atoms with Gasteiger partial charge in [0.05, 0.1) is 0 Å². The Hall–Kier alpha value is -2.42. The topological polar surface area (TPSA) is 0 Å². The number of aryl methyl sites for hydroxylation is 2. The molecule has 0 radical (unpaired) electrons. The average Bonchev–Trinajstić information content (AvgIpc) is 3.68. The van der Waals surface area contributed by atoms with Gasteiger partial charge in [-0.3, -0.25) is 0 Å². The highest BCUT2D eigenvalue weighted by molar-refractivity contribution is 7.19. The van der Waals surface area contributed by atoms with Crippen molar-refractivity contribution in [1.82, 2.24) is 0 Å². The van der Waals surface area contributed by atoms with Crippen LogP contribution in [0.15, 0.2) is 71.8 Å². The van der Waals surface area contributed by atoms with E-state index in [1.54, 1.807) is 27.9 Å². The third kappa shape index (κ3) is 5.95. The molecule has 0 unspecified atom stereocenters. The second-order valence-corrected chi connectivity index (χ2v) is 16.1. The van der Waals surface area contributed by atoms with Gasteiger partial charge in [-0.05, 0) is 103 Å². The predicted molar refractivity (Wildman–Crippen MR) is 182 cm³/mol. The lowest BCUT2D eigenvalue weighted by Gasteiger charge is -2.23. The van der Waals surface area contributed by atoms with Crippen LogP contribution in [0.5, 0.6) is 0 Å². The standard InChI is InChI=1S/C20H24S.C18H22S/c1-14-17(16-11-8-12-18(16)20(2,3)4)13-19(21-14)15-9-6-5-7-10-15;1-12-17(14-8-5-6-11-16(14)19-12)13-9-7-10-15(13)18(2,3)4/h5-7,9-10,13H,8,11-12H2,1-4H3;5-6,8,11H,7,9-10H2,1-4H3. The molecule has 0 aliphatic heterocycles. The molecule has 2 aliphatic carbocycles. The molecule has 0 fully saturated rings. The van der Waals surface area contributed by atoms with Gasteiger partial charge >= 0.3 is 0 Å². The second kappa shape index (κ2) is 11.5. The quantitative estimate of drug-likeness (QED) is 0.231. The molecule has 0 amide bonds. The van der Waals surface area contributed by atoms with Crippen molar-refractivity contribution in [2.75, 3.05) is 0 Å². The predicted octanol–water partition coefficient (Wildman–Crippen LogP) is 12.9. The van der Waals surface area contributed by atoms with E-state index >= 15 is 0 Å². The van der Waals surface area contributed by atoms with E-state index in [4.69, 9.17) is 0 Å². The van der Waals surface area contributed by atoms with Crippen molar-refractivity contribution in [3.63, 3.8) is 0 Å².